The Balaban J connectivity index is 1.41. The fraction of sp³-hybridized carbons (Fsp3) is 0.333. The normalized spacial score (nSPS) is 17.5. The summed E-state index contributed by atoms with van der Waals surface area (Å²) >= 11 is 2.99. The first kappa shape index (κ1) is 17.2. The highest BCUT2D eigenvalue weighted by molar-refractivity contribution is 7.99. The Hall–Kier alpha value is -2.19. The number of carbonyl (C=O) groups excluding carboxylic acids is 1. The number of para-hydroxylation sites is 1. The van der Waals surface area contributed by atoms with Crippen molar-refractivity contribution >= 4 is 39.2 Å². The van der Waals surface area contributed by atoms with Crippen molar-refractivity contribution in [1.29, 1.82) is 0 Å². The van der Waals surface area contributed by atoms with E-state index in [4.69, 9.17) is 4.98 Å². The predicted octanol–water partition coefficient (Wildman–Crippen LogP) is 2.88. The highest BCUT2D eigenvalue weighted by Gasteiger charge is 2.27. The van der Waals surface area contributed by atoms with Gasteiger partial charge in [-0.05, 0) is 25.0 Å². The van der Waals surface area contributed by atoms with Crippen LogP contribution in [0.1, 0.15) is 23.8 Å². The molecule has 0 saturated carbocycles. The number of hydrogen-bond donors (Lipinski definition) is 1. The maximum Gasteiger partial charge on any atom is 0.251 e. The molecule has 1 atom stereocenters. The number of aromatic amines is 1. The minimum atomic E-state index is -0.205. The molecular formula is C18H18N4O2S2. The lowest BCUT2D eigenvalue weighted by Gasteiger charge is -2.31. The number of amides is 1. The van der Waals surface area contributed by atoms with E-state index in [9.17, 15) is 9.59 Å². The molecule has 3 heterocycles. The fourth-order valence-corrected chi connectivity index (χ4v) is 4.96. The molecule has 0 radical (unpaired) electrons. The molecule has 4 rings (SSSR count). The van der Waals surface area contributed by atoms with E-state index in [1.807, 2.05) is 23.1 Å². The van der Waals surface area contributed by atoms with Gasteiger partial charge in [-0.15, -0.1) is 11.3 Å². The molecular weight excluding hydrogens is 368 g/mol. The number of fused-ring (bicyclic) bond motifs is 1. The summed E-state index contributed by atoms with van der Waals surface area (Å²) in [6, 6.07) is 9.51. The van der Waals surface area contributed by atoms with Gasteiger partial charge in [-0.3, -0.25) is 9.59 Å². The topological polar surface area (TPSA) is 79.0 Å². The highest BCUT2D eigenvalue weighted by Crippen LogP contribution is 2.33. The van der Waals surface area contributed by atoms with Crippen LogP contribution in [0.4, 0.5) is 0 Å². The van der Waals surface area contributed by atoms with Crippen LogP contribution in [0.25, 0.3) is 10.2 Å². The Morgan fingerprint density at radius 3 is 3.08 bits per heavy atom. The van der Waals surface area contributed by atoms with Gasteiger partial charge in [0, 0.05) is 31.3 Å². The maximum absolute atomic E-state index is 12.6. The number of H-pyrrole nitrogens is 1. The Labute approximate surface area is 158 Å². The molecule has 0 unspecified atom stereocenters. The van der Waals surface area contributed by atoms with Crippen molar-refractivity contribution in [1.82, 2.24) is 19.9 Å². The van der Waals surface area contributed by atoms with Crippen molar-refractivity contribution in [2.24, 2.45) is 0 Å². The summed E-state index contributed by atoms with van der Waals surface area (Å²) in [5.74, 6) is 0.650. The number of nitrogens with one attached hydrogen (secondary N) is 1. The number of aromatic nitrogens is 3. The van der Waals surface area contributed by atoms with Crippen LogP contribution in [-0.4, -0.2) is 44.6 Å². The average Bonchev–Trinajstić information content (AvgIpc) is 3.10. The Morgan fingerprint density at radius 2 is 2.23 bits per heavy atom. The van der Waals surface area contributed by atoms with Crippen LogP contribution < -0.4 is 5.56 Å². The summed E-state index contributed by atoms with van der Waals surface area (Å²) in [6.45, 7) is 1.48. The van der Waals surface area contributed by atoms with Gasteiger partial charge in [0.05, 0.1) is 21.0 Å². The second kappa shape index (κ2) is 7.59. The number of piperidine rings is 1. The van der Waals surface area contributed by atoms with Gasteiger partial charge < -0.3 is 9.88 Å². The fourth-order valence-electron chi connectivity index (χ4n) is 3.12. The highest BCUT2D eigenvalue weighted by atomic mass is 32.2. The standard InChI is InChI=1S/C18H18N4O2S2/c23-15-7-8-19-18(21-15)25-11-16(24)22-9-3-4-12(10-22)17-20-13-5-1-2-6-14(13)26-17/h1-2,5-8,12H,3-4,9-11H2,(H,19,21,23)/t12-/m1/s1. The van der Waals surface area contributed by atoms with Gasteiger partial charge >= 0.3 is 0 Å². The SMILES string of the molecule is O=C(CSc1nccc(=O)[nH]1)N1CCC[C@@H](c2nc3ccccc3s2)C1. The summed E-state index contributed by atoms with van der Waals surface area (Å²) in [5, 5.41) is 1.59. The molecule has 0 aliphatic carbocycles. The van der Waals surface area contributed by atoms with E-state index in [1.165, 1.54) is 28.7 Å². The van der Waals surface area contributed by atoms with Gasteiger partial charge in [0.1, 0.15) is 0 Å². The Morgan fingerprint density at radius 1 is 1.35 bits per heavy atom. The molecule has 0 bridgehead atoms. The molecule has 0 spiro atoms. The van der Waals surface area contributed by atoms with Crippen molar-refractivity contribution in [3.8, 4) is 0 Å². The molecule has 8 heteroatoms. The van der Waals surface area contributed by atoms with Crippen LogP contribution in [0.2, 0.25) is 0 Å². The van der Waals surface area contributed by atoms with Gasteiger partial charge in [0.15, 0.2) is 5.16 Å². The number of rotatable bonds is 4. The number of nitrogens with zero attached hydrogens (tertiary/aromatic N) is 3. The van der Waals surface area contributed by atoms with Gasteiger partial charge in [-0.1, -0.05) is 23.9 Å². The van der Waals surface area contributed by atoms with E-state index in [-0.39, 0.29) is 17.2 Å². The Bertz CT molecular complexity index is 951. The molecule has 3 aromatic rings. The van der Waals surface area contributed by atoms with Gasteiger partial charge in [0.2, 0.25) is 5.91 Å². The second-order valence-electron chi connectivity index (χ2n) is 6.23. The van der Waals surface area contributed by atoms with E-state index in [0.717, 1.165) is 29.9 Å². The number of carbonyl (C=O) groups is 1. The zero-order valence-electron chi connectivity index (χ0n) is 14.1. The number of thioether (sulfide) groups is 1. The van der Waals surface area contributed by atoms with Crippen molar-refractivity contribution in [2.45, 2.75) is 23.9 Å². The van der Waals surface area contributed by atoms with Crippen molar-refractivity contribution in [2.75, 3.05) is 18.8 Å². The third-order valence-electron chi connectivity index (χ3n) is 4.41. The number of thiazole rings is 1. The van der Waals surface area contributed by atoms with E-state index in [0.29, 0.717) is 17.6 Å². The lowest BCUT2D eigenvalue weighted by molar-refractivity contribution is -0.129. The van der Waals surface area contributed by atoms with Crippen molar-refractivity contribution in [3.63, 3.8) is 0 Å². The molecule has 6 nitrogen and oxygen atoms in total. The molecule has 1 aliphatic heterocycles. The van der Waals surface area contributed by atoms with E-state index in [1.54, 1.807) is 11.3 Å². The van der Waals surface area contributed by atoms with Crippen LogP contribution in [-0.2, 0) is 4.79 Å². The van der Waals surface area contributed by atoms with Gasteiger partial charge in [0.25, 0.3) is 5.56 Å². The molecule has 134 valence electrons. The molecule has 1 N–H and O–H groups in total. The summed E-state index contributed by atoms with van der Waals surface area (Å²) in [7, 11) is 0. The monoisotopic (exact) mass is 386 g/mol. The molecule has 1 aromatic carbocycles. The van der Waals surface area contributed by atoms with Crippen LogP contribution in [0.5, 0.6) is 0 Å². The molecule has 1 amide bonds. The van der Waals surface area contributed by atoms with E-state index < -0.39 is 0 Å². The summed E-state index contributed by atoms with van der Waals surface area (Å²) in [4.78, 5) is 37.2. The van der Waals surface area contributed by atoms with Gasteiger partial charge in [-0.25, -0.2) is 9.97 Å². The lowest BCUT2D eigenvalue weighted by Crippen LogP contribution is -2.40. The Kier molecular flexibility index (Phi) is 5.03. The first-order valence-corrected chi connectivity index (χ1v) is 10.3. The van der Waals surface area contributed by atoms with Crippen LogP contribution >= 0.6 is 23.1 Å². The predicted molar refractivity (Wildman–Crippen MR) is 104 cm³/mol. The zero-order chi connectivity index (χ0) is 17.9. The number of likely N-dealkylation sites (tertiary alicyclic amines) is 1. The smallest absolute Gasteiger partial charge is 0.251 e. The molecule has 1 fully saturated rings. The maximum atomic E-state index is 12.6. The molecule has 2 aromatic heterocycles. The first-order valence-electron chi connectivity index (χ1n) is 8.50. The summed E-state index contributed by atoms with van der Waals surface area (Å²) in [5.41, 5.74) is 0.828. The average molecular weight is 387 g/mol. The third kappa shape index (κ3) is 3.81. The van der Waals surface area contributed by atoms with E-state index >= 15 is 0 Å². The van der Waals surface area contributed by atoms with E-state index in [2.05, 4.69) is 16.0 Å². The van der Waals surface area contributed by atoms with Crippen LogP contribution in [0.3, 0.4) is 0 Å². The zero-order valence-corrected chi connectivity index (χ0v) is 15.7. The largest absolute Gasteiger partial charge is 0.341 e. The van der Waals surface area contributed by atoms with Crippen molar-refractivity contribution < 1.29 is 4.79 Å². The number of hydrogen-bond acceptors (Lipinski definition) is 6. The minimum Gasteiger partial charge on any atom is -0.341 e. The van der Waals surface area contributed by atoms with Gasteiger partial charge in [-0.2, -0.15) is 0 Å². The first-order chi connectivity index (χ1) is 12.7. The number of benzene rings is 1. The summed E-state index contributed by atoms with van der Waals surface area (Å²) in [6.07, 6.45) is 3.50. The third-order valence-corrected chi connectivity index (χ3v) is 6.49. The second-order valence-corrected chi connectivity index (χ2v) is 8.25. The minimum absolute atomic E-state index is 0.0762. The molecule has 1 aliphatic rings. The van der Waals surface area contributed by atoms with Crippen molar-refractivity contribution in [3.05, 3.63) is 51.9 Å². The van der Waals surface area contributed by atoms with Crippen LogP contribution in [0, 0.1) is 0 Å². The molecule has 26 heavy (non-hydrogen) atoms. The summed E-state index contributed by atoms with van der Waals surface area (Å²) < 4.78 is 1.20. The molecule has 1 saturated heterocycles. The lowest BCUT2D eigenvalue weighted by atomic mass is 9.99. The van der Waals surface area contributed by atoms with Crippen LogP contribution in [0.15, 0.2) is 46.5 Å². The quantitative estimate of drug-likeness (QED) is 0.551.